The van der Waals surface area contributed by atoms with E-state index in [9.17, 15) is 43.9 Å². The first kappa shape index (κ1) is 12.7. The second-order valence-electron chi connectivity index (χ2n) is 3.59. The number of halogens is 10. The van der Waals surface area contributed by atoms with E-state index in [0.29, 0.717) is 0 Å². The average molecular weight is 278 g/mol. The van der Waals surface area contributed by atoms with Gasteiger partial charge in [0, 0.05) is 0 Å². The highest BCUT2D eigenvalue weighted by atomic mass is 19.4. The van der Waals surface area contributed by atoms with Crippen molar-refractivity contribution in [2.24, 2.45) is 0 Å². The minimum absolute atomic E-state index is 2.56. The Kier molecular flexibility index (Phi) is 1.76. The minimum atomic E-state index is -6.80. The normalized spacial score (nSPS) is 48.4. The van der Waals surface area contributed by atoms with Crippen LogP contribution in [0.3, 0.4) is 0 Å². The van der Waals surface area contributed by atoms with Crippen molar-refractivity contribution in [2.75, 3.05) is 0 Å². The molecule has 1 nitrogen and oxygen atoms in total. The number of fused-ring (bicyclic) bond motifs is 1. The van der Waals surface area contributed by atoms with E-state index < -0.39 is 35.4 Å². The molecule has 1 saturated heterocycles. The summed E-state index contributed by atoms with van der Waals surface area (Å²) in [6.07, 6.45) is 0. The maximum Gasteiger partial charge on any atom is 0.384 e. The molecule has 1 aliphatic heterocycles. The van der Waals surface area contributed by atoms with E-state index in [1.807, 2.05) is 0 Å². The highest BCUT2D eigenvalue weighted by Gasteiger charge is 3.10. The molecule has 0 radical (unpaired) electrons. The van der Waals surface area contributed by atoms with Crippen molar-refractivity contribution in [3.63, 3.8) is 0 Å². The fraction of sp³-hybridized carbons (Fsp3) is 1.00. The van der Waals surface area contributed by atoms with Gasteiger partial charge in [0.25, 0.3) is 0 Å². The Balaban J connectivity index is 2.71. The summed E-state index contributed by atoms with van der Waals surface area (Å²) < 4.78 is 128. The molecule has 0 unspecified atom stereocenters. The van der Waals surface area contributed by atoms with Crippen molar-refractivity contribution in [1.29, 1.82) is 0 Å². The van der Waals surface area contributed by atoms with Gasteiger partial charge in [-0.1, -0.05) is 0 Å². The molecule has 0 amide bonds. The quantitative estimate of drug-likeness (QED) is 0.490. The highest BCUT2D eigenvalue weighted by Crippen LogP contribution is 2.77. The Morgan fingerprint density at radius 3 is 0.882 bits per heavy atom. The molecule has 0 aromatic rings. The first-order valence-electron chi connectivity index (χ1n) is 3.80. The van der Waals surface area contributed by atoms with Crippen molar-refractivity contribution in [1.82, 2.24) is 0 Å². The van der Waals surface area contributed by atoms with Gasteiger partial charge in [0.05, 0.1) is 0 Å². The fourth-order valence-corrected chi connectivity index (χ4v) is 1.50. The maximum absolute atomic E-state index is 12.8. The van der Waals surface area contributed by atoms with Crippen LogP contribution in [0.5, 0.6) is 0 Å². The van der Waals surface area contributed by atoms with Crippen LogP contribution in [0.4, 0.5) is 43.9 Å². The van der Waals surface area contributed by atoms with Crippen LogP contribution in [0.2, 0.25) is 0 Å². The monoisotopic (exact) mass is 278 g/mol. The van der Waals surface area contributed by atoms with Gasteiger partial charge in [-0.25, -0.2) is 0 Å². The first-order valence-corrected chi connectivity index (χ1v) is 3.80. The molecule has 0 aromatic heterocycles. The van der Waals surface area contributed by atoms with E-state index in [1.165, 1.54) is 0 Å². The number of hydrogen-bond acceptors (Lipinski definition) is 1. The molecular formula is C6F10O. The summed E-state index contributed by atoms with van der Waals surface area (Å²) in [6, 6.07) is 0. The van der Waals surface area contributed by atoms with E-state index in [0.717, 1.165) is 0 Å². The molecular weight excluding hydrogens is 278 g/mol. The zero-order chi connectivity index (χ0) is 13.7. The number of alkyl halides is 10. The smallest absolute Gasteiger partial charge is 0.289 e. The molecule has 100 valence electrons. The van der Waals surface area contributed by atoms with E-state index in [1.54, 1.807) is 0 Å². The van der Waals surface area contributed by atoms with E-state index >= 15 is 0 Å². The molecule has 0 spiro atoms. The molecule has 2 aliphatic rings. The molecule has 0 bridgehead atoms. The molecule has 2 atom stereocenters. The first-order chi connectivity index (χ1) is 7.21. The van der Waals surface area contributed by atoms with E-state index in [2.05, 4.69) is 4.74 Å². The molecule has 1 aliphatic carbocycles. The molecule has 2 fully saturated rings. The second kappa shape index (κ2) is 2.36. The standard InChI is InChI=1S/C6F10O/c7-1(8)2(9,10)4(13,14)6(16)5(15,17-6)3(1,11)12/t5-,6-/m1/s1. The second-order valence-corrected chi connectivity index (χ2v) is 3.59. The summed E-state index contributed by atoms with van der Waals surface area (Å²) in [7, 11) is 0. The maximum atomic E-state index is 12.8. The molecule has 1 saturated carbocycles. The predicted molar refractivity (Wildman–Crippen MR) is 28.6 cm³/mol. The lowest BCUT2D eigenvalue weighted by atomic mass is 9.83. The van der Waals surface area contributed by atoms with Crippen LogP contribution in [-0.2, 0) is 4.74 Å². The van der Waals surface area contributed by atoms with Crippen molar-refractivity contribution in [3.05, 3.63) is 0 Å². The van der Waals surface area contributed by atoms with Crippen LogP contribution < -0.4 is 0 Å². The van der Waals surface area contributed by atoms with Crippen molar-refractivity contribution >= 4 is 0 Å². The number of epoxide rings is 1. The number of ether oxygens (including phenoxy) is 1. The average Bonchev–Trinajstić information content (AvgIpc) is 2.71. The summed E-state index contributed by atoms with van der Waals surface area (Å²) in [4.78, 5) is 0. The van der Waals surface area contributed by atoms with Crippen molar-refractivity contribution in [3.8, 4) is 0 Å². The molecule has 17 heavy (non-hydrogen) atoms. The van der Waals surface area contributed by atoms with Gasteiger partial charge in [-0.3, -0.25) is 4.74 Å². The SMILES string of the molecule is FC1(F)C(F)(F)C(F)(F)[C@@]2(F)O[C@]2(F)C1(F)F. The van der Waals surface area contributed by atoms with Gasteiger partial charge in [0.1, 0.15) is 0 Å². The van der Waals surface area contributed by atoms with Gasteiger partial charge < -0.3 is 0 Å². The van der Waals surface area contributed by atoms with Crippen LogP contribution in [0, 0.1) is 0 Å². The molecule has 11 heteroatoms. The third-order valence-electron chi connectivity index (χ3n) is 2.64. The van der Waals surface area contributed by atoms with Crippen LogP contribution >= 0.6 is 0 Å². The van der Waals surface area contributed by atoms with Crippen LogP contribution in [-0.4, -0.2) is 35.4 Å². The van der Waals surface area contributed by atoms with Crippen LogP contribution in [0.25, 0.3) is 0 Å². The Labute approximate surface area is 85.3 Å². The summed E-state index contributed by atoms with van der Waals surface area (Å²) in [6.45, 7) is 0. The third-order valence-corrected chi connectivity index (χ3v) is 2.64. The van der Waals surface area contributed by atoms with E-state index in [4.69, 9.17) is 0 Å². The summed E-state index contributed by atoms with van der Waals surface area (Å²) in [5, 5.41) is 0. The van der Waals surface area contributed by atoms with Crippen molar-refractivity contribution in [2.45, 2.75) is 35.4 Å². The Morgan fingerprint density at radius 1 is 0.412 bits per heavy atom. The highest BCUT2D eigenvalue weighted by molar-refractivity contribution is 5.31. The van der Waals surface area contributed by atoms with Crippen LogP contribution in [0.1, 0.15) is 0 Å². The zero-order valence-electron chi connectivity index (χ0n) is 7.19. The lowest BCUT2D eigenvalue weighted by Crippen LogP contribution is -2.75. The third kappa shape index (κ3) is 0.818. The van der Waals surface area contributed by atoms with Gasteiger partial charge >= 0.3 is 35.4 Å². The summed E-state index contributed by atoms with van der Waals surface area (Å²) in [5.74, 6) is -37.4. The molecule has 0 N–H and O–H groups in total. The largest absolute Gasteiger partial charge is 0.384 e. The minimum Gasteiger partial charge on any atom is -0.289 e. The fourth-order valence-electron chi connectivity index (χ4n) is 1.50. The number of rotatable bonds is 0. The Morgan fingerprint density at radius 2 is 0.647 bits per heavy atom. The van der Waals surface area contributed by atoms with Gasteiger partial charge in [-0.2, -0.15) is 43.9 Å². The Hall–Kier alpha value is -0.740. The van der Waals surface area contributed by atoms with Gasteiger partial charge in [0.15, 0.2) is 0 Å². The van der Waals surface area contributed by atoms with Crippen LogP contribution in [0.15, 0.2) is 0 Å². The Bertz CT molecular complexity index is 354. The number of hydrogen-bond donors (Lipinski definition) is 0. The molecule has 0 aromatic carbocycles. The molecule has 1 heterocycles. The zero-order valence-corrected chi connectivity index (χ0v) is 7.19. The lowest BCUT2D eigenvalue weighted by molar-refractivity contribution is -0.421. The summed E-state index contributed by atoms with van der Waals surface area (Å²) >= 11 is 0. The predicted octanol–water partition coefficient (Wildman–Crippen LogP) is 2.90. The van der Waals surface area contributed by atoms with Crippen molar-refractivity contribution < 1.29 is 48.6 Å². The molecule has 2 rings (SSSR count). The lowest BCUT2D eigenvalue weighted by Gasteiger charge is -2.41. The van der Waals surface area contributed by atoms with E-state index in [-0.39, 0.29) is 0 Å². The van der Waals surface area contributed by atoms with Gasteiger partial charge in [0.2, 0.25) is 0 Å². The summed E-state index contributed by atoms with van der Waals surface area (Å²) in [5.41, 5.74) is 0. The topological polar surface area (TPSA) is 12.5 Å². The van der Waals surface area contributed by atoms with Gasteiger partial charge in [-0.15, -0.1) is 0 Å². The van der Waals surface area contributed by atoms with Gasteiger partial charge in [-0.05, 0) is 0 Å².